The first-order valence-electron chi connectivity index (χ1n) is 7.51. The molecule has 0 spiro atoms. The molecule has 0 amide bonds. The zero-order valence-electron chi connectivity index (χ0n) is 12.5. The van der Waals surface area contributed by atoms with E-state index in [2.05, 4.69) is 82.7 Å². The van der Waals surface area contributed by atoms with Crippen molar-refractivity contribution in [2.75, 3.05) is 5.52 Å². The molecule has 0 unspecified atom stereocenters. The van der Waals surface area contributed by atoms with E-state index in [0.717, 1.165) is 17.6 Å². The van der Waals surface area contributed by atoms with E-state index in [4.69, 9.17) is 4.74 Å². The van der Waals surface area contributed by atoms with Crippen LogP contribution in [-0.4, -0.2) is 5.52 Å². The molecule has 0 N–H and O–H groups in total. The fourth-order valence-corrected chi connectivity index (χ4v) is 4.29. The van der Waals surface area contributed by atoms with Gasteiger partial charge in [0.2, 0.25) is 0 Å². The largest absolute Gasteiger partial charge is 0.482 e. The summed E-state index contributed by atoms with van der Waals surface area (Å²) in [6, 6.07) is 23.6. The molecule has 4 aromatic rings. The summed E-state index contributed by atoms with van der Waals surface area (Å²) >= 11 is 5.23. The van der Waals surface area contributed by atoms with Gasteiger partial charge in [-0.25, -0.2) is 0 Å². The van der Waals surface area contributed by atoms with Crippen LogP contribution in [0.3, 0.4) is 0 Å². The number of rotatable bonds is 4. The molecule has 1 aromatic heterocycles. The first kappa shape index (κ1) is 14.7. The van der Waals surface area contributed by atoms with Crippen LogP contribution in [0.4, 0.5) is 0 Å². The Labute approximate surface area is 147 Å². The quantitative estimate of drug-likeness (QED) is 0.372. The minimum atomic E-state index is 0.503. The highest BCUT2D eigenvalue weighted by Gasteiger charge is 2.08. The van der Waals surface area contributed by atoms with Crippen LogP contribution in [0.25, 0.3) is 20.9 Å². The van der Waals surface area contributed by atoms with Crippen molar-refractivity contribution < 1.29 is 4.74 Å². The molecule has 1 heterocycles. The van der Waals surface area contributed by atoms with Crippen LogP contribution in [0, 0.1) is 0 Å². The van der Waals surface area contributed by atoms with E-state index in [1.54, 1.807) is 0 Å². The van der Waals surface area contributed by atoms with Gasteiger partial charge in [0.1, 0.15) is 11.3 Å². The molecule has 0 saturated carbocycles. The van der Waals surface area contributed by atoms with E-state index in [-0.39, 0.29) is 0 Å². The standard InChI is InChI=1S/C20H15BrOS/c21-13-22-19-11-14(9-15-5-1-3-7-18(15)19)10-17-12-16-6-2-4-8-20(16)23-17/h1-9,11-12H,10,13H2. The number of hydrogen-bond acceptors (Lipinski definition) is 2. The maximum atomic E-state index is 5.78. The van der Waals surface area contributed by atoms with Gasteiger partial charge in [-0.3, -0.25) is 0 Å². The molecular weight excluding hydrogens is 368 g/mol. The Kier molecular flexibility index (Phi) is 4.06. The second-order valence-corrected chi connectivity index (χ2v) is 7.12. The molecule has 1 nitrogen and oxygen atoms in total. The SMILES string of the molecule is BrCOc1cc(Cc2cc3ccccc3s2)cc2ccccc12. The average molecular weight is 383 g/mol. The van der Waals surface area contributed by atoms with Gasteiger partial charge in [0.15, 0.2) is 0 Å². The van der Waals surface area contributed by atoms with Crippen molar-refractivity contribution in [2.45, 2.75) is 6.42 Å². The second-order valence-electron chi connectivity index (χ2n) is 5.50. The maximum absolute atomic E-state index is 5.78. The van der Waals surface area contributed by atoms with Crippen molar-refractivity contribution >= 4 is 48.1 Å². The Morgan fingerprint density at radius 2 is 1.65 bits per heavy atom. The normalized spacial score (nSPS) is 11.2. The second kappa shape index (κ2) is 6.34. The summed E-state index contributed by atoms with van der Waals surface area (Å²) in [5.41, 5.74) is 1.79. The van der Waals surface area contributed by atoms with Gasteiger partial charge in [0.25, 0.3) is 0 Å². The fraction of sp³-hybridized carbons (Fsp3) is 0.100. The zero-order valence-corrected chi connectivity index (χ0v) is 14.9. The number of fused-ring (bicyclic) bond motifs is 2. The first-order chi connectivity index (χ1) is 11.3. The van der Waals surface area contributed by atoms with Crippen LogP contribution in [0.1, 0.15) is 10.4 Å². The van der Waals surface area contributed by atoms with Crippen molar-refractivity contribution in [2.24, 2.45) is 0 Å². The topological polar surface area (TPSA) is 9.23 Å². The molecule has 4 rings (SSSR count). The van der Waals surface area contributed by atoms with E-state index >= 15 is 0 Å². The Morgan fingerprint density at radius 3 is 2.48 bits per heavy atom. The number of halogens is 1. The Bertz CT molecular complexity index is 941. The Balaban J connectivity index is 1.75. The molecule has 0 atom stereocenters. The van der Waals surface area contributed by atoms with Gasteiger partial charge in [-0.15, -0.1) is 11.3 Å². The molecule has 3 aromatic carbocycles. The van der Waals surface area contributed by atoms with E-state index in [1.807, 2.05) is 11.3 Å². The van der Waals surface area contributed by atoms with Gasteiger partial charge >= 0.3 is 0 Å². The number of thiophene rings is 1. The summed E-state index contributed by atoms with van der Waals surface area (Å²) in [5, 5.41) is 3.71. The van der Waals surface area contributed by atoms with Crippen LogP contribution in [-0.2, 0) is 6.42 Å². The lowest BCUT2D eigenvalue weighted by Gasteiger charge is -2.10. The van der Waals surface area contributed by atoms with Gasteiger partial charge < -0.3 is 4.74 Å². The number of ether oxygens (including phenoxy) is 1. The average Bonchev–Trinajstić information content (AvgIpc) is 2.97. The van der Waals surface area contributed by atoms with Crippen LogP contribution >= 0.6 is 27.3 Å². The smallest absolute Gasteiger partial charge is 0.143 e. The van der Waals surface area contributed by atoms with E-state index in [9.17, 15) is 0 Å². The number of hydrogen-bond donors (Lipinski definition) is 0. The summed E-state index contributed by atoms with van der Waals surface area (Å²) in [6.07, 6.45) is 0.933. The minimum Gasteiger partial charge on any atom is -0.482 e. The summed E-state index contributed by atoms with van der Waals surface area (Å²) in [5.74, 6) is 0.941. The molecule has 0 bridgehead atoms. The van der Waals surface area contributed by atoms with Gasteiger partial charge in [-0.05, 0) is 50.5 Å². The highest BCUT2D eigenvalue weighted by molar-refractivity contribution is 9.09. The third-order valence-electron chi connectivity index (χ3n) is 3.95. The fourth-order valence-electron chi connectivity index (χ4n) is 2.94. The lowest BCUT2D eigenvalue weighted by Crippen LogP contribution is -1.93. The molecular formula is C20H15BrOS. The van der Waals surface area contributed by atoms with Crippen LogP contribution in [0.2, 0.25) is 0 Å². The van der Waals surface area contributed by atoms with Crippen molar-refractivity contribution in [1.29, 1.82) is 0 Å². The van der Waals surface area contributed by atoms with Gasteiger partial charge in [0.05, 0.1) is 0 Å². The van der Waals surface area contributed by atoms with Crippen molar-refractivity contribution in [3.8, 4) is 5.75 Å². The number of alkyl halides is 1. The predicted molar refractivity (Wildman–Crippen MR) is 103 cm³/mol. The van der Waals surface area contributed by atoms with E-state index in [0.29, 0.717) is 5.52 Å². The lowest BCUT2D eigenvalue weighted by atomic mass is 10.0. The summed E-state index contributed by atoms with van der Waals surface area (Å²) in [6.45, 7) is 0. The monoisotopic (exact) mass is 382 g/mol. The van der Waals surface area contributed by atoms with Crippen LogP contribution in [0.5, 0.6) is 5.75 Å². The molecule has 114 valence electrons. The molecule has 0 aliphatic carbocycles. The molecule has 0 aliphatic rings. The molecule has 0 saturated heterocycles. The van der Waals surface area contributed by atoms with Gasteiger partial charge in [-0.2, -0.15) is 0 Å². The Morgan fingerprint density at radius 1 is 0.870 bits per heavy atom. The van der Waals surface area contributed by atoms with E-state index < -0.39 is 0 Å². The van der Waals surface area contributed by atoms with Gasteiger partial charge in [-0.1, -0.05) is 48.5 Å². The highest BCUT2D eigenvalue weighted by Crippen LogP contribution is 2.31. The summed E-state index contributed by atoms with van der Waals surface area (Å²) < 4.78 is 7.12. The summed E-state index contributed by atoms with van der Waals surface area (Å²) in [4.78, 5) is 1.38. The minimum absolute atomic E-state index is 0.503. The van der Waals surface area contributed by atoms with Gasteiger partial charge in [0, 0.05) is 21.4 Å². The van der Waals surface area contributed by atoms with Crippen molar-refractivity contribution in [3.63, 3.8) is 0 Å². The number of benzene rings is 3. The third-order valence-corrected chi connectivity index (χ3v) is 5.29. The van der Waals surface area contributed by atoms with Crippen LogP contribution in [0.15, 0.2) is 66.7 Å². The predicted octanol–water partition coefficient (Wildman–Crippen LogP) is 6.38. The molecule has 0 fully saturated rings. The maximum Gasteiger partial charge on any atom is 0.143 e. The van der Waals surface area contributed by atoms with E-state index in [1.165, 1.54) is 25.9 Å². The van der Waals surface area contributed by atoms with Crippen molar-refractivity contribution in [3.05, 3.63) is 77.2 Å². The molecule has 0 aliphatic heterocycles. The van der Waals surface area contributed by atoms with Crippen LogP contribution < -0.4 is 4.74 Å². The molecule has 23 heavy (non-hydrogen) atoms. The zero-order chi connectivity index (χ0) is 15.6. The summed E-state index contributed by atoms with van der Waals surface area (Å²) in [7, 11) is 0. The lowest BCUT2D eigenvalue weighted by molar-refractivity contribution is 0.402. The molecule has 0 radical (unpaired) electrons. The molecule has 3 heteroatoms. The highest BCUT2D eigenvalue weighted by atomic mass is 79.9. The third kappa shape index (κ3) is 2.99. The van der Waals surface area contributed by atoms with Crippen molar-refractivity contribution in [1.82, 2.24) is 0 Å². The Hall–Kier alpha value is -1.84. The first-order valence-corrected chi connectivity index (χ1v) is 9.45.